The number of nitrogens with two attached hydrogens (primary N) is 2. The second-order valence-electron chi connectivity index (χ2n) is 10.5. The maximum absolute atomic E-state index is 10.2. The molecular formula is C30H39N5O2. The third-order valence-corrected chi connectivity index (χ3v) is 6.85. The van der Waals surface area contributed by atoms with E-state index < -0.39 is 5.60 Å². The molecule has 1 saturated heterocycles. The molecule has 7 heteroatoms. The number of nitrogens with one attached hydrogen (secondary N) is 1. The number of nitrogens with zero attached hydrogens (tertiary/aromatic N) is 2. The van der Waals surface area contributed by atoms with E-state index in [9.17, 15) is 5.11 Å². The van der Waals surface area contributed by atoms with Gasteiger partial charge in [0.1, 0.15) is 0 Å². The minimum absolute atomic E-state index is 0.626. The highest BCUT2D eigenvalue weighted by molar-refractivity contribution is 6.05. The fraction of sp³-hybridized carbons (Fsp3) is 0.367. The standard InChI is InChI=1S/C18H23N5O.C12H16O/c1-10(19)17(23(4)20)11-7-15-16(21-9-11)13-6-5-12(18(2,3)24)8-14(13)22-15;1-2-4-11(5-3-1)10-12-6-8-13-9-7-12/h5-9,22,24H,19-20H2,1-4H3;1-5,12H,6-10H2/b17-10-;. The number of H-pyrrole nitrogens is 1. The first-order valence-corrected chi connectivity index (χ1v) is 12.8. The quantitative estimate of drug-likeness (QED) is 0.225. The first kappa shape index (κ1) is 26.7. The number of hydrazine groups is 1. The Hall–Kier alpha value is -3.39. The zero-order chi connectivity index (χ0) is 26.6. The van der Waals surface area contributed by atoms with Crippen molar-refractivity contribution >= 4 is 27.6 Å². The molecule has 0 aliphatic carbocycles. The number of hydrogen-bond acceptors (Lipinski definition) is 6. The van der Waals surface area contributed by atoms with Crippen molar-refractivity contribution in [3.63, 3.8) is 0 Å². The van der Waals surface area contributed by atoms with Gasteiger partial charge in [-0.3, -0.25) is 4.98 Å². The van der Waals surface area contributed by atoms with Gasteiger partial charge >= 0.3 is 0 Å². The normalized spacial score (nSPS) is 15.3. The number of fused-ring (bicyclic) bond motifs is 3. The van der Waals surface area contributed by atoms with Gasteiger partial charge in [-0.1, -0.05) is 42.5 Å². The first-order valence-electron chi connectivity index (χ1n) is 12.8. The SMILES string of the molecule is C/C(N)=C(\c1cnc2c(c1)[nH]c1cc(C(C)(C)O)ccc12)N(C)N.c1ccc(CC2CCOCC2)cc1. The van der Waals surface area contributed by atoms with Crippen LogP contribution in [0.3, 0.4) is 0 Å². The van der Waals surface area contributed by atoms with Gasteiger partial charge in [0, 0.05) is 48.6 Å². The van der Waals surface area contributed by atoms with Gasteiger partial charge in [-0.05, 0) is 69.2 Å². The smallest absolute Gasteiger partial charge is 0.0958 e. The van der Waals surface area contributed by atoms with Crippen LogP contribution < -0.4 is 11.6 Å². The molecule has 0 atom stereocenters. The second-order valence-corrected chi connectivity index (χ2v) is 10.5. The number of rotatable bonds is 5. The molecule has 37 heavy (non-hydrogen) atoms. The summed E-state index contributed by atoms with van der Waals surface area (Å²) in [5, 5.41) is 12.7. The predicted molar refractivity (Wildman–Crippen MR) is 151 cm³/mol. The average Bonchev–Trinajstić information content (AvgIpc) is 3.22. The highest BCUT2D eigenvalue weighted by Crippen LogP contribution is 2.30. The lowest BCUT2D eigenvalue weighted by Crippen LogP contribution is -2.26. The Morgan fingerprint density at radius 1 is 1.11 bits per heavy atom. The largest absolute Gasteiger partial charge is 0.401 e. The van der Waals surface area contributed by atoms with Crippen molar-refractivity contribution in [1.82, 2.24) is 15.0 Å². The van der Waals surface area contributed by atoms with Gasteiger partial charge in [-0.2, -0.15) is 0 Å². The summed E-state index contributed by atoms with van der Waals surface area (Å²) in [6.07, 6.45) is 5.46. The fourth-order valence-electron chi connectivity index (χ4n) is 4.89. The highest BCUT2D eigenvalue weighted by atomic mass is 16.5. The summed E-state index contributed by atoms with van der Waals surface area (Å²) in [6, 6.07) is 18.6. The minimum atomic E-state index is -0.890. The monoisotopic (exact) mass is 501 g/mol. The highest BCUT2D eigenvalue weighted by Gasteiger charge is 2.18. The van der Waals surface area contributed by atoms with Crippen LogP contribution >= 0.6 is 0 Å². The van der Waals surface area contributed by atoms with Crippen molar-refractivity contribution in [2.75, 3.05) is 20.3 Å². The van der Waals surface area contributed by atoms with Crippen molar-refractivity contribution in [1.29, 1.82) is 0 Å². The van der Waals surface area contributed by atoms with E-state index in [4.69, 9.17) is 16.3 Å². The van der Waals surface area contributed by atoms with Crippen LogP contribution in [-0.2, 0) is 16.8 Å². The molecule has 1 fully saturated rings. The molecular weight excluding hydrogens is 462 g/mol. The molecule has 0 radical (unpaired) electrons. The molecule has 0 amide bonds. The average molecular weight is 502 g/mol. The Morgan fingerprint density at radius 2 is 1.81 bits per heavy atom. The summed E-state index contributed by atoms with van der Waals surface area (Å²) < 4.78 is 5.34. The van der Waals surface area contributed by atoms with Crippen LogP contribution in [-0.4, -0.2) is 40.3 Å². The van der Waals surface area contributed by atoms with Crippen LogP contribution in [0.1, 0.15) is 50.3 Å². The molecule has 5 rings (SSSR count). The Morgan fingerprint density at radius 3 is 2.43 bits per heavy atom. The number of aliphatic hydroxyl groups is 1. The predicted octanol–water partition coefficient (Wildman–Crippen LogP) is 5.05. The molecule has 6 N–H and O–H groups in total. The topological polar surface area (TPSA) is 113 Å². The van der Waals surface area contributed by atoms with Gasteiger partial charge in [0.2, 0.25) is 0 Å². The number of hydrogen-bond donors (Lipinski definition) is 4. The van der Waals surface area contributed by atoms with Crippen LogP contribution in [0, 0.1) is 5.92 Å². The van der Waals surface area contributed by atoms with Gasteiger partial charge in [0.05, 0.1) is 22.3 Å². The van der Waals surface area contributed by atoms with E-state index in [1.165, 1.54) is 29.8 Å². The number of benzene rings is 2. The van der Waals surface area contributed by atoms with Crippen molar-refractivity contribution < 1.29 is 9.84 Å². The maximum atomic E-state index is 10.2. The van der Waals surface area contributed by atoms with E-state index in [-0.39, 0.29) is 0 Å². The lowest BCUT2D eigenvalue weighted by Gasteiger charge is -2.21. The van der Waals surface area contributed by atoms with Crippen LogP contribution in [0.5, 0.6) is 0 Å². The molecule has 0 unspecified atom stereocenters. The number of pyridine rings is 1. The van der Waals surface area contributed by atoms with E-state index in [1.807, 2.05) is 31.2 Å². The van der Waals surface area contributed by atoms with E-state index in [2.05, 4.69) is 40.3 Å². The molecule has 1 aliphatic heterocycles. The van der Waals surface area contributed by atoms with Gasteiger partial charge in [-0.25, -0.2) is 5.84 Å². The molecule has 0 bridgehead atoms. The van der Waals surface area contributed by atoms with E-state index in [1.54, 1.807) is 27.1 Å². The minimum Gasteiger partial charge on any atom is -0.401 e. The van der Waals surface area contributed by atoms with Crippen molar-refractivity contribution in [3.05, 3.63) is 83.2 Å². The molecule has 3 heterocycles. The molecule has 7 nitrogen and oxygen atoms in total. The van der Waals surface area contributed by atoms with Gasteiger partial charge in [-0.15, -0.1) is 0 Å². The van der Waals surface area contributed by atoms with E-state index in [0.29, 0.717) is 5.70 Å². The van der Waals surface area contributed by atoms with Crippen molar-refractivity contribution in [2.45, 2.75) is 45.6 Å². The zero-order valence-corrected chi connectivity index (χ0v) is 22.3. The second kappa shape index (κ2) is 11.3. The van der Waals surface area contributed by atoms with Gasteiger partial charge in [0.25, 0.3) is 0 Å². The Bertz CT molecular complexity index is 1360. The first-order chi connectivity index (χ1) is 17.6. The number of ether oxygens (including phenoxy) is 1. The number of aromatic nitrogens is 2. The lowest BCUT2D eigenvalue weighted by atomic mass is 9.92. The third kappa shape index (κ3) is 6.49. The summed E-state index contributed by atoms with van der Waals surface area (Å²) in [7, 11) is 1.75. The molecule has 196 valence electrons. The van der Waals surface area contributed by atoms with E-state index in [0.717, 1.165) is 57.9 Å². The summed E-state index contributed by atoms with van der Waals surface area (Å²) in [5.41, 5.74) is 12.3. The van der Waals surface area contributed by atoms with Gasteiger partial charge in [0.15, 0.2) is 0 Å². The number of aromatic amines is 1. The zero-order valence-electron chi connectivity index (χ0n) is 22.3. The third-order valence-electron chi connectivity index (χ3n) is 6.85. The Balaban J connectivity index is 0.000000207. The molecule has 2 aromatic heterocycles. The van der Waals surface area contributed by atoms with Crippen LogP contribution in [0.25, 0.3) is 27.6 Å². The summed E-state index contributed by atoms with van der Waals surface area (Å²) in [4.78, 5) is 7.95. The summed E-state index contributed by atoms with van der Waals surface area (Å²) >= 11 is 0. The summed E-state index contributed by atoms with van der Waals surface area (Å²) in [6.45, 7) is 7.26. The van der Waals surface area contributed by atoms with Gasteiger partial charge < -0.3 is 25.6 Å². The maximum Gasteiger partial charge on any atom is 0.0958 e. The molecule has 2 aromatic carbocycles. The molecule has 4 aromatic rings. The van der Waals surface area contributed by atoms with Crippen molar-refractivity contribution in [2.24, 2.45) is 17.5 Å². The van der Waals surface area contributed by atoms with E-state index >= 15 is 0 Å². The Labute approximate surface area is 219 Å². The van der Waals surface area contributed by atoms with Crippen molar-refractivity contribution in [3.8, 4) is 0 Å². The van der Waals surface area contributed by atoms with Crippen LogP contribution in [0.2, 0.25) is 0 Å². The fourth-order valence-corrected chi connectivity index (χ4v) is 4.89. The molecule has 1 aliphatic rings. The lowest BCUT2D eigenvalue weighted by molar-refractivity contribution is 0.0665. The van der Waals surface area contributed by atoms with Crippen LogP contribution in [0.4, 0.5) is 0 Å². The van der Waals surface area contributed by atoms with Crippen LogP contribution in [0.15, 0.2) is 66.5 Å². The molecule has 0 spiro atoms. The number of allylic oxidation sites excluding steroid dienone is 1. The summed E-state index contributed by atoms with van der Waals surface area (Å²) in [5.74, 6) is 6.73. The Kier molecular flexibility index (Phi) is 8.17. The molecule has 0 saturated carbocycles.